The van der Waals surface area contributed by atoms with Gasteiger partial charge in [-0.25, -0.2) is 8.78 Å². The summed E-state index contributed by atoms with van der Waals surface area (Å²) in [5.41, 5.74) is 2.71. The number of aryl methyl sites for hydroxylation is 1. The lowest BCUT2D eigenvalue weighted by atomic mass is 10.1. The molecule has 1 fully saturated rings. The third-order valence-electron chi connectivity index (χ3n) is 6.21. The highest BCUT2D eigenvalue weighted by Gasteiger charge is 2.47. The topological polar surface area (TPSA) is 120 Å². The van der Waals surface area contributed by atoms with Crippen molar-refractivity contribution in [3.63, 3.8) is 0 Å². The number of amides is 3. The molecule has 3 aromatic rings. The summed E-state index contributed by atoms with van der Waals surface area (Å²) in [5.74, 6) is -4.75. The molecule has 3 amide bonds. The number of hydrogen-bond acceptors (Lipinski definition) is 5. The number of alkyl halides is 2. The van der Waals surface area contributed by atoms with Crippen molar-refractivity contribution in [1.29, 1.82) is 5.26 Å². The van der Waals surface area contributed by atoms with Gasteiger partial charge >= 0.3 is 0 Å². The number of carbonyl (C=O) groups excluding carboxylic acids is 3. The van der Waals surface area contributed by atoms with Crippen LogP contribution >= 0.6 is 11.6 Å². The Morgan fingerprint density at radius 2 is 1.87 bits per heavy atom. The van der Waals surface area contributed by atoms with Gasteiger partial charge < -0.3 is 15.5 Å². The maximum Gasteiger partial charge on any atom is 0.268 e. The zero-order valence-electron chi connectivity index (χ0n) is 21.0. The highest BCUT2D eigenvalue weighted by molar-refractivity contribution is 6.30. The monoisotopic (exact) mass is 554 g/mol. The van der Waals surface area contributed by atoms with Gasteiger partial charge in [-0.05, 0) is 42.3 Å². The Morgan fingerprint density at radius 3 is 2.62 bits per heavy atom. The van der Waals surface area contributed by atoms with Gasteiger partial charge in [0.05, 0.1) is 37.0 Å². The summed E-state index contributed by atoms with van der Waals surface area (Å²) in [5, 5.41) is 19.3. The van der Waals surface area contributed by atoms with Gasteiger partial charge in [-0.1, -0.05) is 35.9 Å². The molecule has 202 valence electrons. The lowest BCUT2D eigenvalue weighted by Crippen LogP contribution is -2.43. The molecule has 1 atom stereocenters. The molecule has 1 aromatic heterocycles. The van der Waals surface area contributed by atoms with Crippen molar-refractivity contribution in [1.82, 2.24) is 25.3 Å². The normalized spacial score (nSPS) is 16.0. The molecule has 0 saturated carbocycles. The van der Waals surface area contributed by atoms with Crippen LogP contribution in [0.25, 0.3) is 0 Å². The van der Waals surface area contributed by atoms with E-state index in [1.807, 2.05) is 18.2 Å². The lowest BCUT2D eigenvalue weighted by Gasteiger charge is -2.19. The van der Waals surface area contributed by atoms with E-state index in [1.54, 1.807) is 43.3 Å². The zero-order chi connectivity index (χ0) is 28.2. The first-order valence-electron chi connectivity index (χ1n) is 12.1. The number of benzene rings is 2. The summed E-state index contributed by atoms with van der Waals surface area (Å²) in [6.45, 7) is 0.841. The van der Waals surface area contributed by atoms with Gasteiger partial charge in [-0.15, -0.1) is 0 Å². The first-order chi connectivity index (χ1) is 18.5. The van der Waals surface area contributed by atoms with Gasteiger partial charge in [0.15, 0.2) is 0 Å². The lowest BCUT2D eigenvalue weighted by molar-refractivity contribution is -0.131. The summed E-state index contributed by atoms with van der Waals surface area (Å²) in [4.78, 5) is 38.5. The van der Waals surface area contributed by atoms with Gasteiger partial charge in [-0.3, -0.25) is 19.1 Å². The fourth-order valence-corrected chi connectivity index (χ4v) is 4.51. The molecule has 4 rings (SSSR count). The van der Waals surface area contributed by atoms with E-state index in [0.29, 0.717) is 22.8 Å². The summed E-state index contributed by atoms with van der Waals surface area (Å²) in [6.07, 6.45) is 0.781. The van der Waals surface area contributed by atoms with Crippen molar-refractivity contribution in [3.05, 3.63) is 87.7 Å². The summed E-state index contributed by atoms with van der Waals surface area (Å²) < 4.78 is 28.8. The predicted octanol–water partition coefficient (Wildman–Crippen LogP) is 3.31. The molecule has 2 N–H and O–H groups in total. The minimum atomic E-state index is -3.13. The van der Waals surface area contributed by atoms with E-state index in [9.17, 15) is 23.2 Å². The van der Waals surface area contributed by atoms with Gasteiger partial charge in [0.2, 0.25) is 5.91 Å². The fraction of sp³-hybridized carbons (Fsp3) is 0.296. The third kappa shape index (κ3) is 6.97. The van der Waals surface area contributed by atoms with E-state index in [2.05, 4.69) is 15.7 Å². The number of halogens is 3. The van der Waals surface area contributed by atoms with Crippen LogP contribution in [-0.4, -0.2) is 57.5 Å². The molecule has 9 nitrogen and oxygen atoms in total. The minimum absolute atomic E-state index is 0.210. The quantitative estimate of drug-likeness (QED) is 0.443. The molecule has 1 saturated heterocycles. The molecule has 1 aliphatic heterocycles. The number of hydrogen-bond donors (Lipinski definition) is 2. The third-order valence-corrected chi connectivity index (χ3v) is 6.44. The van der Waals surface area contributed by atoms with Crippen molar-refractivity contribution in [3.8, 4) is 6.07 Å². The number of carbonyl (C=O) groups is 3. The molecule has 2 heterocycles. The average molecular weight is 555 g/mol. The van der Waals surface area contributed by atoms with E-state index in [-0.39, 0.29) is 18.0 Å². The van der Waals surface area contributed by atoms with Crippen molar-refractivity contribution >= 4 is 29.3 Å². The average Bonchev–Trinajstić information content (AvgIpc) is 3.43. The SMILES string of the molecule is Cc1nn(Cc2cccc(C(=O)NCc3cccc(Cl)c3)c2)cc1C(=O)NCC(=O)N1CC(F)(F)C[C@H]1C#N. The van der Waals surface area contributed by atoms with E-state index >= 15 is 0 Å². The molecule has 0 bridgehead atoms. The summed E-state index contributed by atoms with van der Waals surface area (Å²) in [6, 6.07) is 14.6. The van der Waals surface area contributed by atoms with Crippen LogP contribution < -0.4 is 10.6 Å². The van der Waals surface area contributed by atoms with E-state index in [1.165, 1.54) is 10.9 Å². The smallest absolute Gasteiger partial charge is 0.268 e. The van der Waals surface area contributed by atoms with Gasteiger partial charge in [0.25, 0.3) is 17.7 Å². The molecule has 39 heavy (non-hydrogen) atoms. The minimum Gasteiger partial charge on any atom is -0.348 e. The number of nitrogens with one attached hydrogen (secondary N) is 2. The Balaban J connectivity index is 1.35. The summed E-state index contributed by atoms with van der Waals surface area (Å²) >= 11 is 5.99. The van der Waals surface area contributed by atoms with Crippen LogP contribution in [0.2, 0.25) is 5.02 Å². The number of nitriles is 1. The molecule has 1 aliphatic rings. The molecule has 0 unspecified atom stereocenters. The zero-order valence-corrected chi connectivity index (χ0v) is 21.7. The molecule has 0 spiro atoms. The molecule has 0 radical (unpaired) electrons. The Hall–Kier alpha value is -4.30. The molecule has 0 aliphatic carbocycles. The Bertz CT molecular complexity index is 1450. The Kier molecular flexibility index (Phi) is 8.26. The molecule has 12 heteroatoms. The van der Waals surface area contributed by atoms with Crippen molar-refractivity contribution in [2.75, 3.05) is 13.1 Å². The van der Waals surface area contributed by atoms with Crippen LogP contribution in [0, 0.1) is 18.3 Å². The summed E-state index contributed by atoms with van der Waals surface area (Å²) in [7, 11) is 0. The Labute approximate surface area is 228 Å². The largest absolute Gasteiger partial charge is 0.348 e. The van der Waals surface area contributed by atoms with E-state index in [0.717, 1.165) is 16.0 Å². The number of likely N-dealkylation sites (tertiary alicyclic amines) is 1. The molecular formula is C27H25ClF2N6O3. The highest BCUT2D eigenvalue weighted by Crippen LogP contribution is 2.31. The van der Waals surface area contributed by atoms with Crippen LogP contribution in [0.4, 0.5) is 8.78 Å². The number of rotatable bonds is 8. The fourth-order valence-electron chi connectivity index (χ4n) is 4.30. The number of nitrogens with zero attached hydrogens (tertiary/aromatic N) is 4. The van der Waals surface area contributed by atoms with Gasteiger partial charge in [-0.2, -0.15) is 10.4 Å². The van der Waals surface area contributed by atoms with Crippen LogP contribution in [0.3, 0.4) is 0 Å². The van der Waals surface area contributed by atoms with Crippen molar-refractivity contribution < 1.29 is 23.2 Å². The first-order valence-corrected chi connectivity index (χ1v) is 12.4. The van der Waals surface area contributed by atoms with Crippen LogP contribution in [0.15, 0.2) is 54.7 Å². The predicted molar refractivity (Wildman–Crippen MR) is 138 cm³/mol. The van der Waals surface area contributed by atoms with Crippen LogP contribution in [-0.2, 0) is 17.9 Å². The van der Waals surface area contributed by atoms with E-state index < -0.39 is 43.3 Å². The van der Waals surface area contributed by atoms with Crippen molar-refractivity contribution in [2.45, 2.75) is 38.4 Å². The second kappa shape index (κ2) is 11.6. The first kappa shape index (κ1) is 27.7. The molecule has 2 aromatic carbocycles. The van der Waals surface area contributed by atoms with Gasteiger partial charge in [0, 0.05) is 29.7 Å². The highest BCUT2D eigenvalue weighted by atomic mass is 35.5. The van der Waals surface area contributed by atoms with Crippen molar-refractivity contribution in [2.24, 2.45) is 0 Å². The van der Waals surface area contributed by atoms with Crippen LogP contribution in [0.5, 0.6) is 0 Å². The number of aromatic nitrogens is 2. The second-order valence-corrected chi connectivity index (χ2v) is 9.68. The maximum atomic E-state index is 13.6. The maximum absolute atomic E-state index is 13.6. The second-order valence-electron chi connectivity index (χ2n) is 9.25. The van der Waals surface area contributed by atoms with Crippen LogP contribution in [0.1, 0.15) is 44.0 Å². The standard InChI is InChI=1S/C27H25ClF2N6O3/c1-17-23(26(39)33-13-24(37)36-16-27(29,30)10-22(36)11-31)15-35(34-17)14-19-5-2-6-20(8-19)25(38)32-12-18-4-3-7-21(28)9-18/h2-9,15,22H,10,12-14,16H2,1H3,(H,32,38)(H,33,39)/t22-/m0/s1. The van der Waals surface area contributed by atoms with Gasteiger partial charge in [0.1, 0.15) is 6.04 Å². The molecular weight excluding hydrogens is 530 g/mol. The van der Waals surface area contributed by atoms with E-state index in [4.69, 9.17) is 16.9 Å². The Morgan fingerprint density at radius 1 is 1.13 bits per heavy atom.